The Hall–Kier alpha value is -3.99. The molecule has 1 N–H and O–H groups in total. The molecule has 0 bridgehead atoms. The van der Waals surface area contributed by atoms with E-state index in [1.54, 1.807) is 47.0 Å². The number of ketones is 1. The Kier molecular flexibility index (Phi) is 5.59. The largest absolute Gasteiger partial charge is 0.325 e. The number of nitrogens with one attached hydrogen (secondary N) is 1. The predicted octanol–water partition coefficient (Wildman–Crippen LogP) is 3.03. The van der Waals surface area contributed by atoms with Crippen LogP contribution in [0.4, 0.5) is 5.82 Å². The molecule has 6 rings (SSSR count). The van der Waals surface area contributed by atoms with Gasteiger partial charge in [-0.1, -0.05) is 6.07 Å². The highest BCUT2D eigenvalue weighted by Gasteiger charge is 2.67. The molecule has 37 heavy (non-hydrogen) atoms. The number of hydrogen-bond acceptors (Lipinski definition) is 8. The number of rotatable bonds is 7. The maximum atomic E-state index is 13.8. The summed E-state index contributed by atoms with van der Waals surface area (Å²) in [5, 5.41) is 10.9. The quantitative estimate of drug-likeness (QED) is 0.375. The second kappa shape index (κ2) is 8.84. The third kappa shape index (κ3) is 4.18. The SMILES string of the molecule is CC(=O)c1nn(CC(=O)N2[C@H](C(=O)Nc3cccc(C)n3)C[C@@]3(Cc4nccs4)C[C@@H]23)c2cnccc12. The van der Waals surface area contributed by atoms with Gasteiger partial charge in [0.2, 0.25) is 11.8 Å². The Morgan fingerprint density at radius 3 is 2.81 bits per heavy atom. The number of carbonyl (C=O) groups is 3. The van der Waals surface area contributed by atoms with E-state index in [0.717, 1.165) is 23.5 Å². The average Bonchev–Trinajstić information content (AvgIpc) is 3.22. The van der Waals surface area contributed by atoms with Gasteiger partial charge in [-0.2, -0.15) is 5.10 Å². The number of fused-ring (bicyclic) bond motifs is 2. The van der Waals surface area contributed by atoms with Crippen LogP contribution in [0.25, 0.3) is 10.9 Å². The molecule has 3 atom stereocenters. The average molecular weight is 516 g/mol. The Morgan fingerprint density at radius 2 is 2.05 bits per heavy atom. The molecule has 10 nitrogen and oxygen atoms in total. The van der Waals surface area contributed by atoms with E-state index in [0.29, 0.717) is 28.8 Å². The van der Waals surface area contributed by atoms with Crippen molar-refractivity contribution in [3.8, 4) is 0 Å². The van der Waals surface area contributed by atoms with Crippen molar-refractivity contribution in [3.63, 3.8) is 0 Å². The van der Waals surface area contributed by atoms with Crippen LogP contribution in [0, 0.1) is 12.3 Å². The molecule has 1 saturated carbocycles. The second-order valence-corrected chi connectivity index (χ2v) is 10.8. The minimum absolute atomic E-state index is 0.0580. The number of piperidine rings is 1. The summed E-state index contributed by atoms with van der Waals surface area (Å²) in [4.78, 5) is 54.1. The van der Waals surface area contributed by atoms with E-state index in [1.165, 1.54) is 11.6 Å². The van der Waals surface area contributed by atoms with Crippen molar-refractivity contribution in [2.75, 3.05) is 5.32 Å². The molecule has 2 aliphatic rings. The van der Waals surface area contributed by atoms with E-state index in [2.05, 4.69) is 25.4 Å². The van der Waals surface area contributed by atoms with E-state index >= 15 is 0 Å². The molecule has 4 aromatic heterocycles. The van der Waals surface area contributed by atoms with E-state index in [1.807, 2.05) is 24.4 Å². The molecule has 0 aromatic carbocycles. The van der Waals surface area contributed by atoms with Crippen molar-refractivity contribution in [2.24, 2.45) is 5.41 Å². The van der Waals surface area contributed by atoms with Crippen LogP contribution in [-0.2, 0) is 22.6 Å². The maximum Gasteiger partial charge on any atom is 0.248 e. The van der Waals surface area contributed by atoms with Gasteiger partial charge in [0.05, 0.1) is 16.7 Å². The first-order valence-corrected chi connectivity index (χ1v) is 13.0. The molecule has 188 valence electrons. The number of anilines is 1. The first-order valence-electron chi connectivity index (χ1n) is 12.1. The van der Waals surface area contributed by atoms with Gasteiger partial charge in [0.15, 0.2) is 5.78 Å². The first kappa shape index (κ1) is 23.4. The number of amides is 2. The first-order chi connectivity index (χ1) is 17.8. The number of hydrogen-bond donors (Lipinski definition) is 1. The molecule has 0 radical (unpaired) electrons. The van der Waals surface area contributed by atoms with Crippen LogP contribution in [0.2, 0.25) is 0 Å². The summed E-state index contributed by atoms with van der Waals surface area (Å²) in [6.45, 7) is 3.22. The molecule has 4 aromatic rings. The minimum atomic E-state index is -0.638. The van der Waals surface area contributed by atoms with Crippen LogP contribution in [0.3, 0.4) is 0 Å². The fourth-order valence-electron chi connectivity index (χ4n) is 5.54. The van der Waals surface area contributed by atoms with Crippen molar-refractivity contribution < 1.29 is 14.4 Å². The molecular formula is C26H25N7O3S. The normalized spacial score (nSPS) is 22.2. The van der Waals surface area contributed by atoms with E-state index in [4.69, 9.17) is 0 Å². The van der Waals surface area contributed by atoms with Crippen LogP contribution >= 0.6 is 11.3 Å². The number of thiazole rings is 1. The molecule has 2 fully saturated rings. The van der Waals surface area contributed by atoms with Gasteiger partial charge in [-0.15, -0.1) is 11.3 Å². The zero-order valence-electron chi connectivity index (χ0n) is 20.4. The summed E-state index contributed by atoms with van der Waals surface area (Å²) in [6.07, 6.45) is 7.09. The molecule has 0 unspecified atom stereocenters. The standard InChI is InChI=1S/C26H25N7O3S/c1-15-4-3-5-21(29-15)30-25(36)18-10-26(12-22-28-8-9-37-22)11-20(26)33(18)23(35)14-32-19-13-27-7-6-17(19)24(31-32)16(2)34/h3-9,13,18,20H,10-12,14H2,1-2H3,(H,29,30,36)/t18-,20+,26-/m0/s1. The molecule has 1 aliphatic heterocycles. The summed E-state index contributed by atoms with van der Waals surface area (Å²) >= 11 is 1.59. The summed E-state index contributed by atoms with van der Waals surface area (Å²) < 4.78 is 1.52. The number of pyridine rings is 2. The smallest absolute Gasteiger partial charge is 0.248 e. The lowest BCUT2D eigenvalue weighted by Gasteiger charge is -2.26. The minimum Gasteiger partial charge on any atom is -0.325 e. The summed E-state index contributed by atoms with van der Waals surface area (Å²) in [5.74, 6) is -0.198. The molecule has 0 spiro atoms. The Balaban J connectivity index is 1.30. The van der Waals surface area contributed by atoms with Gasteiger partial charge in [0.1, 0.15) is 24.1 Å². The fraction of sp³-hybridized carbons (Fsp3) is 0.346. The lowest BCUT2D eigenvalue weighted by molar-refractivity contribution is -0.138. The fourth-order valence-corrected chi connectivity index (χ4v) is 6.31. The molecule has 1 saturated heterocycles. The number of likely N-dealkylation sites (tertiary alicyclic amines) is 1. The van der Waals surface area contributed by atoms with Gasteiger partial charge in [-0.3, -0.25) is 24.0 Å². The van der Waals surface area contributed by atoms with Crippen molar-refractivity contribution in [2.45, 2.75) is 51.7 Å². The van der Waals surface area contributed by atoms with Gasteiger partial charge in [-0.25, -0.2) is 9.97 Å². The third-order valence-corrected chi connectivity index (χ3v) is 8.09. The number of aryl methyl sites for hydroxylation is 1. The number of carbonyl (C=O) groups excluding carboxylic acids is 3. The number of aromatic nitrogens is 5. The van der Waals surface area contributed by atoms with E-state index in [9.17, 15) is 14.4 Å². The van der Waals surface area contributed by atoms with Crippen LogP contribution in [0.5, 0.6) is 0 Å². The summed E-state index contributed by atoms with van der Waals surface area (Å²) in [7, 11) is 0. The zero-order chi connectivity index (χ0) is 25.7. The highest BCUT2D eigenvalue weighted by Crippen LogP contribution is 2.61. The topological polar surface area (TPSA) is 123 Å². The van der Waals surface area contributed by atoms with Gasteiger partial charge < -0.3 is 10.2 Å². The van der Waals surface area contributed by atoms with Crippen molar-refractivity contribution in [3.05, 3.63) is 64.6 Å². The van der Waals surface area contributed by atoms with Gasteiger partial charge in [0.25, 0.3) is 0 Å². The molecule has 1 aliphatic carbocycles. The van der Waals surface area contributed by atoms with Gasteiger partial charge >= 0.3 is 0 Å². The van der Waals surface area contributed by atoms with Crippen LogP contribution in [-0.4, -0.2) is 59.3 Å². The molecular weight excluding hydrogens is 490 g/mol. The van der Waals surface area contributed by atoms with E-state index < -0.39 is 6.04 Å². The van der Waals surface area contributed by atoms with Crippen molar-refractivity contribution >= 4 is 45.7 Å². The summed E-state index contributed by atoms with van der Waals surface area (Å²) in [5.41, 5.74) is 1.53. The zero-order valence-corrected chi connectivity index (χ0v) is 21.2. The maximum absolute atomic E-state index is 13.8. The summed E-state index contributed by atoms with van der Waals surface area (Å²) in [6, 6.07) is 6.46. The van der Waals surface area contributed by atoms with Gasteiger partial charge in [0, 0.05) is 53.7 Å². The van der Waals surface area contributed by atoms with Crippen LogP contribution in [0.15, 0.2) is 48.2 Å². The van der Waals surface area contributed by atoms with Crippen molar-refractivity contribution in [1.82, 2.24) is 29.6 Å². The predicted molar refractivity (Wildman–Crippen MR) is 137 cm³/mol. The number of Topliss-reactive ketones (excluding diaryl/α,β-unsaturated/α-hetero) is 1. The van der Waals surface area contributed by atoms with Crippen LogP contribution < -0.4 is 5.32 Å². The lowest BCUT2D eigenvalue weighted by Crippen LogP contribution is -2.46. The number of nitrogens with zero attached hydrogens (tertiary/aromatic N) is 6. The lowest BCUT2D eigenvalue weighted by atomic mass is 9.95. The molecule has 2 amide bonds. The Labute approximate surface area is 216 Å². The highest BCUT2D eigenvalue weighted by molar-refractivity contribution is 7.09. The van der Waals surface area contributed by atoms with Crippen LogP contribution in [0.1, 0.15) is 41.0 Å². The monoisotopic (exact) mass is 515 g/mol. The Bertz CT molecular complexity index is 1530. The molecule has 5 heterocycles. The second-order valence-electron chi connectivity index (χ2n) is 9.81. The highest BCUT2D eigenvalue weighted by atomic mass is 32.1. The molecule has 11 heteroatoms. The van der Waals surface area contributed by atoms with Crippen molar-refractivity contribution in [1.29, 1.82) is 0 Å². The van der Waals surface area contributed by atoms with E-state index in [-0.39, 0.29) is 35.6 Å². The third-order valence-electron chi connectivity index (χ3n) is 7.31. The Morgan fingerprint density at radius 1 is 1.19 bits per heavy atom. The van der Waals surface area contributed by atoms with Gasteiger partial charge in [-0.05, 0) is 38.0 Å².